The third-order valence-corrected chi connectivity index (χ3v) is 5.21. The van der Waals surface area contributed by atoms with Gasteiger partial charge in [0.15, 0.2) is 5.13 Å². The number of hydrogen-bond acceptors (Lipinski definition) is 6. The van der Waals surface area contributed by atoms with Gasteiger partial charge >= 0.3 is 6.36 Å². The minimum atomic E-state index is -4.78. The third kappa shape index (κ3) is 4.90. The van der Waals surface area contributed by atoms with E-state index in [1.807, 2.05) is 0 Å². The number of likely N-dealkylation sites (N-methyl/N-ethyl adjacent to an activating group) is 1. The van der Waals surface area contributed by atoms with E-state index in [1.54, 1.807) is 11.9 Å². The van der Waals surface area contributed by atoms with E-state index in [-0.39, 0.29) is 29.2 Å². The zero-order valence-corrected chi connectivity index (χ0v) is 15.8. The molecule has 2 amide bonds. The largest absolute Gasteiger partial charge is 0.573 e. The maximum Gasteiger partial charge on any atom is 0.573 e. The van der Waals surface area contributed by atoms with Crippen LogP contribution in [-0.2, 0) is 9.59 Å². The zero-order chi connectivity index (χ0) is 20.3. The fourth-order valence-corrected chi connectivity index (χ4v) is 4.00. The Kier molecular flexibility index (Phi) is 6.04. The number of likely N-dealkylation sites (tertiary alicyclic amines) is 1. The number of ether oxygens (including phenoxy) is 1. The normalized spacial score (nSPS) is 17.6. The monoisotopic (exact) mass is 416 g/mol. The fraction of sp³-hybridized carbons (Fsp3) is 0.471. The summed E-state index contributed by atoms with van der Waals surface area (Å²) in [5, 5.41) is 5.73. The number of amides is 2. The van der Waals surface area contributed by atoms with E-state index in [0.717, 1.165) is 24.2 Å². The summed E-state index contributed by atoms with van der Waals surface area (Å²) in [6.45, 7) is 0.656. The van der Waals surface area contributed by atoms with Gasteiger partial charge in [0.1, 0.15) is 11.8 Å². The molecule has 1 unspecified atom stereocenters. The van der Waals surface area contributed by atoms with E-state index in [4.69, 9.17) is 0 Å². The van der Waals surface area contributed by atoms with Crippen LogP contribution in [0.25, 0.3) is 10.2 Å². The topological polar surface area (TPSA) is 83.6 Å². The fourth-order valence-electron chi connectivity index (χ4n) is 3.10. The number of nitrogens with one attached hydrogen (secondary N) is 2. The molecule has 1 atom stereocenters. The molecule has 2 N–H and O–H groups in total. The summed E-state index contributed by atoms with van der Waals surface area (Å²) in [6.07, 6.45) is -2.56. The molecule has 0 saturated carbocycles. The number of aromatic nitrogens is 1. The van der Waals surface area contributed by atoms with E-state index in [2.05, 4.69) is 20.4 Å². The standard InChI is InChI=1S/C17H19F3N4O3S/c1-21-9-14(25)24-7-3-2-4-12(24)15(26)23-16-22-11-6-5-10(8-13(11)28-16)27-17(18,19)20/h5-6,8,12,21H,2-4,7,9H2,1H3,(H,22,23,26). The van der Waals surface area contributed by atoms with Gasteiger partial charge in [-0.05, 0) is 38.4 Å². The van der Waals surface area contributed by atoms with Crippen molar-refractivity contribution in [2.75, 3.05) is 25.5 Å². The summed E-state index contributed by atoms with van der Waals surface area (Å²) in [5.41, 5.74) is 0.446. The Morgan fingerprint density at radius 2 is 2.14 bits per heavy atom. The first-order valence-corrected chi connectivity index (χ1v) is 9.50. The number of halogens is 3. The molecule has 152 valence electrons. The van der Waals surface area contributed by atoms with Gasteiger partial charge in [0, 0.05) is 12.6 Å². The van der Waals surface area contributed by atoms with Crippen molar-refractivity contribution in [2.45, 2.75) is 31.7 Å². The predicted octanol–water partition coefficient (Wildman–Crippen LogP) is 2.73. The lowest BCUT2D eigenvalue weighted by Gasteiger charge is -2.34. The molecule has 2 aromatic rings. The Morgan fingerprint density at radius 3 is 2.86 bits per heavy atom. The van der Waals surface area contributed by atoms with E-state index in [0.29, 0.717) is 23.2 Å². The molecule has 0 radical (unpaired) electrons. The lowest BCUT2D eigenvalue weighted by atomic mass is 10.0. The number of rotatable bonds is 5. The quantitative estimate of drug-likeness (QED) is 0.783. The Bertz CT molecular complexity index is 871. The third-order valence-electron chi connectivity index (χ3n) is 4.28. The Hall–Kier alpha value is -2.40. The molecule has 11 heteroatoms. The molecule has 0 aliphatic carbocycles. The van der Waals surface area contributed by atoms with Crippen molar-refractivity contribution in [1.82, 2.24) is 15.2 Å². The van der Waals surface area contributed by atoms with Crippen molar-refractivity contribution in [3.05, 3.63) is 18.2 Å². The van der Waals surface area contributed by atoms with Gasteiger partial charge in [-0.25, -0.2) is 4.98 Å². The molecule has 7 nitrogen and oxygen atoms in total. The van der Waals surface area contributed by atoms with E-state index < -0.39 is 12.4 Å². The summed E-state index contributed by atoms with van der Waals surface area (Å²) >= 11 is 1.04. The number of benzene rings is 1. The lowest BCUT2D eigenvalue weighted by molar-refractivity contribution is -0.274. The molecule has 1 saturated heterocycles. The lowest BCUT2D eigenvalue weighted by Crippen LogP contribution is -2.52. The van der Waals surface area contributed by atoms with Crippen molar-refractivity contribution < 1.29 is 27.5 Å². The minimum absolute atomic E-state index is 0.146. The van der Waals surface area contributed by atoms with Crippen LogP contribution in [0.1, 0.15) is 19.3 Å². The van der Waals surface area contributed by atoms with Crippen molar-refractivity contribution in [3.8, 4) is 5.75 Å². The number of carbonyl (C=O) groups excluding carboxylic acids is 2. The number of hydrogen-bond donors (Lipinski definition) is 2. The molecule has 28 heavy (non-hydrogen) atoms. The Labute approximate surface area is 162 Å². The number of carbonyl (C=O) groups is 2. The van der Waals surface area contributed by atoms with E-state index in [1.165, 1.54) is 18.2 Å². The molecule has 1 fully saturated rings. The summed E-state index contributed by atoms with van der Waals surface area (Å²) in [4.78, 5) is 30.7. The molecular weight excluding hydrogens is 397 g/mol. The van der Waals surface area contributed by atoms with Crippen molar-refractivity contribution in [3.63, 3.8) is 0 Å². The first-order valence-electron chi connectivity index (χ1n) is 8.68. The molecule has 1 aliphatic rings. The molecule has 1 aliphatic heterocycles. The molecule has 0 bridgehead atoms. The summed E-state index contributed by atoms with van der Waals surface area (Å²) < 4.78 is 41.4. The second-order valence-electron chi connectivity index (χ2n) is 6.31. The van der Waals surface area contributed by atoms with Gasteiger partial charge < -0.3 is 20.3 Å². The van der Waals surface area contributed by atoms with Crippen LogP contribution in [0.5, 0.6) is 5.75 Å². The molecule has 3 rings (SSSR count). The average molecular weight is 416 g/mol. The molecule has 0 spiro atoms. The van der Waals surface area contributed by atoms with Crippen LogP contribution >= 0.6 is 11.3 Å². The highest BCUT2D eigenvalue weighted by Crippen LogP contribution is 2.32. The number of anilines is 1. The second kappa shape index (κ2) is 8.31. The minimum Gasteiger partial charge on any atom is -0.406 e. The second-order valence-corrected chi connectivity index (χ2v) is 7.35. The number of alkyl halides is 3. The predicted molar refractivity (Wildman–Crippen MR) is 98.2 cm³/mol. The molecule has 1 aromatic heterocycles. The van der Waals surface area contributed by atoms with Crippen molar-refractivity contribution in [1.29, 1.82) is 0 Å². The molecular formula is C17H19F3N4O3S. The highest BCUT2D eigenvalue weighted by Gasteiger charge is 2.33. The highest BCUT2D eigenvalue weighted by molar-refractivity contribution is 7.22. The van der Waals surface area contributed by atoms with Crippen molar-refractivity contribution in [2.24, 2.45) is 0 Å². The maximum atomic E-state index is 12.7. The van der Waals surface area contributed by atoms with Gasteiger partial charge in [0.05, 0.1) is 16.8 Å². The number of thiazole rings is 1. The van der Waals surface area contributed by atoms with Gasteiger partial charge in [-0.3, -0.25) is 9.59 Å². The van der Waals surface area contributed by atoms with E-state index >= 15 is 0 Å². The van der Waals surface area contributed by atoms with Gasteiger partial charge in [-0.2, -0.15) is 0 Å². The van der Waals surface area contributed by atoms with Gasteiger partial charge in [-0.15, -0.1) is 13.2 Å². The first-order chi connectivity index (χ1) is 13.3. The van der Waals surface area contributed by atoms with Crippen LogP contribution < -0.4 is 15.4 Å². The van der Waals surface area contributed by atoms with Crippen LogP contribution in [0.4, 0.5) is 18.3 Å². The van der Waals surface area contributed by atoms with Crippen LogP contribution in [0.15, 0.2) is 18.2 Å². The Morgan fingerprint density at radius 1 is 1.36 bits per heavy atom. The van der Waals surface area contributed by atoms with Gasteiger partial charge in [0.2, 0.25) is 11.8 Å². The van der Waals surface area contributed by atoms with Crippen LogP contribution in [0, 0.1) is 0 Å². The van der Waals surface area contributed by atoms with Crippen LogP contribution in [0.2, 0.25) is 0 Å². The Balaban J connectivity index is 1.73. The molecule has 2 heterocycles. The SMILES string of the molecule is CNCC(=O)N1CCCCC1C(=O)Nc1nc2ccc(OC(F)(F)F)cc2s1. The number of piperidine rings is 1. The van der Waals surface area contributed by atoms with Crippen molar-refractivity contribution >= 4 is 38.5 Å². The van der Waals surface area contributed by atoms with Crippen LogP contribution in [-0.4, -0.2) is 54.2 Å². The first kappa shape index (κ1) is 20.3. The zero-order valence-electron chi connectivity index (χ0n) is 15.0. The summed E-state index contributed by atoms with van der Waals surface area (Å²) in [7, 11) is 1.66. The van der Waals surface area contributed by atoms with Crippen LogP contribution in [0.3, 0.4) is 0 Å². The average Bonchev–Trinajstić information content (AvgIpc) is 3.02. The smallest absolute Gasteiger partial charge is 0.406 e. The highest BCUT2D eigenvalue weighted by atomic mass is 32.1. The number of fused-ring (bicyclic) bond motifs is 1. The number of nitrogens with zero attached hydrogens (tertiary/aromatic N) is 2. The molecule has 1 aromatic carbocycles. The maximum absolute atomic E-state index is 12.7. The van der Waals surface area contributed by atoms with Gasteiger partial charge in [0.25, 0.3) is 0 Å². The summed E-state index contributed by atoms with van der Waals surface area (Å²) in [6, 6.07) is 3.19. The summed E-state index contributed by atoms with van der Waals surface area (Å²) in [5.74, 6) is -0.854. The van der Waals surface area contributed by atoms with E-state index in [9.17, 15) is 22.8 Å². The van der Waals surface area contributed by atoms with Gasteiger partial charge in [-0.1, -0.05) is 11.3 Å².